The Morgan fingerprint density at radius 2 is 1.78 bits per heavy atom. The average Bonchev–Trinajstić information content (AvgIpc) is 2.62. The Morgan fingerprint density at radius 3 is 2.41 bits per heavy atom. The Balaban J connectivity index is 2.32. The monoisotopic (exact) mass is 406 g/mol. The minimum Gasteiger partial charge on any atom is -0.357 e. The standard InChI is InChI=1S/C21H24Cl2N2O2/c1-13-5-6-14(2)17(9-13)10-20(26)25(15(3)21(27)24-4)12-16-7-8-18(22)11-19(16)23/h5-9,11,15H,10,12H2,1-4H3,(H,24,27)/t15-/m1/s1. The molecular formula is C21H24Cl2N2O2. The number of hydrogen-bond donors (Lipinski definition) is 1. The molecule has 0 aliphatic carbocycles. The van der Waals surface area contributed by atoms with E-state index in [4.69, 9.17) is 23.2 Å². The zero-order chi connectivity index (χ0) is 20.1. The highest BCUT2D eigenvalue weighted by atomic mass is 35.5. The van der Waals surface area contributed by atoms with Gasteiger partial charge in [-0.1, -0.05) is 53.0 Å². The molecule has 0 aromatic heterocycles. The fourth-order valence-electron chi connectivity index (χ4n) is 2.88. The molecule has 0 unspecified atom stereocenters. The van der Waals surface area contributed by atoms with E-state index in [1.807, 2.05) is 32.0 Å². The van der Waals surface area contributed by atoms with Gasteiger partial charge in [-0.05, 0) is 49.6 Å². The van der Waals surface area contributed by atoms with Crippen LogP contribution in [-0.2, 0) is 22.6 Å². The van der Waals surface area contributed by atoms with Gasteiger partial charge < -0.3 is 10.2 Å². The summed E-state index contributed by atoms with van der Waals surface area (Å²) in [5.41, 5.74) is 3.84. The van der Waals surface area contributed by atoms with Gasteiger partial charge in [0.05, 0.1) is 6.42 Å². The number of halogens is 2. The predicted molar refractivity (Wildman–Crippen MR) is 110 cm³/mol. The van der Waals surface area contributed by atoms with Crippen LogP contribution in [0.25, 0.3) is 0 Å². The molecular weight excluding hydrogens is 383 g/mol. The molecule has 0 saturated heterocycles. The molecule has 0 fully saturated rings. The van der Waals surface area contributed by atoms with Crippen LogP contribution >= 0.6 is 23.2 Å². The Bertz CT molecular complexity index is 852. The molecule has 2 aromatic carbocycles. The van der Waals surface area contributed by atoms with Crippen LogP contribution in [-0.4, -0.2) is 29.8 Å². The van der Waals surface area contributed by atoms with Gasteiger partial charge in [0.1, 0.15) is 6.04 Å². The third-order valence-corrected chi connectivity index (χ3v) is 5.20. The van der Waals surface area contributed by atoms with E-state index >= 15 is 0 Å². The summed E-state index contributed by atoms with van der Waals surface area (Å²) in [6, 6.07) is 10.5. The zero-order valence-corrected chi connectivity index (χ0v) is 17.5. The lowest BCUT2D eigenvalue weighted by Crippen LogP contribution is -2.47. The first-order valence-electron chi connectivity index (χ1n) is 8.74. The number of nitrogens with zero attached hydrogens (tertiary/aromatic N) is 1. The lowest BCUT2D eigenvalue weighted by Gasteiger charge is -2.29. The second-order valence-electron chi connectivity index (χ2n) is 6.65. The van der Waals surface area contributed by atoms with Crippen LogP contribution in [0.4, 0.5) is 0 Å². The second-order valence-corrected chi connectivity index (χ2v) is 7.50. The quantitative estimate of drug-likeness (QED) is 0.776. The van der Waals surface area contributed by atoms with E-state index in [0.717, 1.165) is 22.3 Å². The summed E-state index contributed by atoms with van der Waals surface area (Å²) in [5.74, 6) is -0.361. The van der Waals surface area contributed by atoms with Crippen molar-refractivity contribution in [1.29, 1.82) is 0 Å². The fraction of sp³-hybridized carbons (Fsp3) is 0.333. The first-order valence-corrected chi connectivity index (χ1v) is 9.49. The summed E-state index contributed by atoms with van der Waals surface area (Å²) in [5, 5.41) is 3.60. The molecule has 1 N–H and O–H groups in total. The maximum atomic E-state index is 13.1. The number of aryl methyl sites for hydroxylation is 2. The summed E-state index contributed by atoms with van der Waals surface area (Å²) in [4.78, 5) is 26.9. The minimum atomic E-state index is -0.626. The van der Waals surface area contributed by atoms with E-state index in [-0.39, 0.29) is 24.8 Å². The van der Waals surface area contributed by atoms with E-state index < -0.39 is 6.04 Å². The summed E-state index contributed by atoms with van der Waals surface area (Å²) < 4.78 is 0. The van der Waals surface area contributed by atoms with Crippen LogP contribution in [0.1, 0.15) is 29.2 Å². The van der Waals surface area contributed by atoms with E-state index in [2.05, 4.69) is 5.32 Å². The van der Waals surface area contributed by atoms with Gasteiger partial charge in [-0.2, -0.15) is 0 Å². The number of carbonyl (C=O) groups is 2. The van der Waals surface area contributed by atoms with Gasteiger partial charge in [0.15, 0.2) is 0 Å². The van der Waals surface area contributed by atoms with Gasteiger partial charge in [0.2, 0.25) is 11.8 Å². The number of likely N-dealkylation sites (N-methyl/N-ethyl adjacent to an activating group) is 1. The van der Waals surface area contributed by atoms with Crippen molar-refractivity contribution in [2.24, 2.45) is 0 Å². The Morgan fingerprint density at radius 1 is 1.07 bits per heavy atom. The first-order chi connectivity index (χ1) is 12.7. The summed E-state index contributed by atoms with van der Waals surface area (Å²) in [6.07, 6.45) is 0.222. The van der Waals surface area contributed by atoms with Crippen molar-refractivity contribution in [3.63, 3.8) is 0 Å². The molecule has 0 aliphatic rings. The van der Waals surface area contributed by atoms with Crippen LogP contribution in [0.15, 0.2) is 36.4 Å². The third-order valence-electron chi connectivity index (χ3n) is 4.62. The lowest BCUT2D eigenvalue weighted by atomic mass is 10.0. The third kappa shape index (κ3) is 5.47. The number of rotatable bonds is 6. The lowest BCUT2D eigenvalue weighted by molar-refractivity contribution is -0.139. The van der Waals surface area contributed by atoms with Crippen molar-refractivity contribution >= 4 is 35.0 Å². The number of amides is 2. The van der Waals surface area contributed by atoms with Crippen LogP contribution in [0.5, 0.6) is 0 Å². The van der Waals surface area contributed by atoms with E-state index in [1.165, 1.54) is 0 Å². The molecule has 6 heteroatoms. The van der Waals surface area contributed by atoms with Crippen molar-refractivity contribution in [3.8, 4) is 0 Å². The van der Waals surface area contributed by atoms with Crippen molar-refractivity contribution in [2.75, 3.05) is 7.05 Å². The highest BCUT2D eigenvalue weighted by Crippen LogP contribution is 2.24. The number of nitrogens with one attached hydrogen (secondary N) is 1. The van der Waals surface area contributed by atoms with Crippen LogP contribution in [0.3, 0.4) is 0 Å². The first kappa shape index (κ1) is 21.3. The molecule has 2 rings (SSSR count). The molecule has 0 radical (unpaired) electrons. The van der Waals surface area contributed by atoms with Crippen LogP contribution in [0.2, 0.25) is 10.0 Å². The molecule has 2 aromatic rings. The largest absolute Gasteiger partial charge is 0.357 e. The number of hydrogen-bond acceptors (Lipinski definition) is 2. The molecule has 4 nitrogen and oxygen atoms in total. The average molecular weight is 407 g/mol. The topological polar surface area (TPSA) is 49.4 Å². The molecule has 0 saturated carbocycles. The summed E-state index contributed by atoms with van der Waals surface area (Å²) in [7, 11) is 1.56. The van der Waals surface area contributed by atoms with Gasteiger partial charge in [-0.3, -0.25) is 9.59 Å². The Hall–Kier alpha value is -2.04. The van der Waals surface area contributed by atoms with E-state index in [0.29, 0.717) is 10.0 Å². The van der Waals surface area contributed by atoms with Crippen molar-refractivity contribution < 1.29 is 9.59 Å². The number of benzene rings is 2. The van der Waals surface area contributed by atoms with E-state index in [1.54, 1.807) is 37.1 Å². The van der Waals surface area contributed by atoms with Gasteiger partial charge >= 0.3 is 0 Å². The molecule has 0 heterocycles. The maximum Gasteiger partial charge on any atom is 0.242 e. The van der Waals surface area contributed by atoms with Crippen molar-refractivity contribution in [1.82, 2.24) is 10.2 Å². The van der Waals surface area contributed by atoms with Crippen molar-refractivity contribution in [2.45, 2.75) is 39.8 Å². The van der Waals surface area contributed by atoms with Crippen LogP contribution < -0.4 is 5.32 Å². The van der Waals surface area contributed by atoms with Crippen LogP contribution in [0, 0.1) is 13.8 Å². The Labute approximate surface area is 170 Å². The second kappa shape index (κ2) is 9.25. The molecule has 0 aliphatic heterocycles. The minimum absolute atomic E-state index is 0.134. The van der Waals surface area contributed by atoms with Gasteiger partial charge in [-0.25, -0.2) is 0 Å². The molecule has 2 amide bonds. The molecule has 0 bridgehead atoms. The highest BCUT2D eigenvalue weighted by Gasteiger charge is 2.26. The van der Waals surface area contributed by atoms with Crippen molar-refractivity contribution in [3.05, 3.63) is 68.7 Å². The van der Waals surface area contributed by atoms with Gasteiger partial charge in [0, 0.05) is 23.6 Å². The molecule has 1 atom stereocenters. The Kier molecular flexibility index (Phi) is 7.28. The molecule has 27 heavy (non-hydrogen) atoms. The van der Waals surface area contributed by atoms with E-state index in [9.17, 15) is 9.59 Å². The van der Waals surface area contributed by atoms with Gasteiger partial charge in [0.25, 0.3) is 0 Å². The molecule has 144 valence electrons. The smallest absolute Gasteiger partial charge is 0.242 e. The zero-order valence-electron chi connectivity index (χ0n) is 16.0. The summed E-state index contributed by atoms with van der Waals surface area (Å²) >= 11 is 12.2. The fourth-order valence-corrected chi connectivity index (χ4v) is 3.35. The highest BCUT2D eigenvalue weighted by molar-refractivity contribution is 6.35. The predicted octanol–water partition coefficient (Wildman–Crippen LogP) is 4.32. The normalized spacial score (nSPS) is 11.8. The maximum absolute atomic E-state index is 13.1. The van der Waals surface area contributed by atoms with Gasteiger partial charge in [-0.15, -0.1) is 0 Å². The SMILES string of the molecule is CNC(=O)[C@@H](C)N(Cc1ccc(Cl)cc1Cl)C(=O)Cc1cc(C)ccc1C. The number of carbonyl (C=O) groups excluding carboxylic acids is 2. The summed E-state index contributed by atoms with van der Waals surface area (Å²) in [6.45, 7) is 5.91. The molecule has 0 spiro atoms.